The highest BCUT2D eigenvalue weighted by Gasteiger charge is 2.27. The van der Waals surface area contributed by atoms with Gasteiger partial charge in [0, 0.05) is 25.7 Å². The molecular formula is C11H18N4OS. The minimum Gasteiger partial charge on any atom is -0.333 e. The molecule has 1 aromatic rings. The molecule has 2 rings (SSSR count). The van der Waals surface area contributed by atoms with Crippen LogP contribution in [0, 0.1) is 0 Å². The molecule has 1 aliphatic rings. The van der Waals surface area contributed by atoms with Gasteiger partial charge in [-0.05, 0) is 24.9 Å². The first-order valence-corrected chi connectivity index (χ1v) is 6.84. The molecular weight excluding hydrogens is 236 g/mol. The standard InChI is InChI=1S/C11H18N4OS/c1-3-4-9-10(17-14-13-9)11(16)15-6-5-12-7-8(15)2/h8,12H,3-7H2,1-2H3/t8-/m0/s1. The SMILES string of the molecule is CCCc1nnsc1C(=O)N1CCNC[C@@H]1C. The first-order chi connectivity index (χ1) is 8.24. The molecule has 0 aliphatic carbocycles. The zero-order chi connectivity index (χ0) is 12.3. The molecule has 17 heavy (non-hydrogen) atoms. The van der Waals surface area contributed by atoms with Crippen LogP contribution in [0.25, 0.3) is 0 Å². The molecule has 94 valence electrons. The lowest BCUT2D eigenvalue weighted by Crippen LogP contribution is -2.52. The predicted octanol–water partition coefficient (Wildman–Crippen LogP) is 0.924. The van der Waals surface area contributed by atoms with Gasteiger partial charge in [0.15, 0.2) is 0 Å². The summed E-state index contributed by atoms with van der Waals surface area (Å²) in [5.41, 5.74) is 0.855. The van der Waals surface area contributed by atoms with Crippen molar-refractivity contribution in [1.29, 1.82) is 0 Å². The fourth-order valence-corrected chi connectivity index (χ4v) is 2.71. The van der Waals surface area contributed by atoms with Gasteiger partial charge in [-0.3, -0.25) is 4.79 Å². The number of aromatic nitrogens is 2. The third-order valence-electron chi connectivity index (χ3n) is 3.00. The van der Waals surface area contributed by atoms with E-state index in [1.807, 2.05) is 4.90 Å². The minimum absolute atomic E-state index is 0.0949. The van der Waals surface area contributed by atoms with Gasteiger partial charge in [0.1, 0.15) is 4.88 Å². The summed E-state index contributed by atoms with van der Waals surface area (Å²) in [7, 11) is 0. The Morgan fingerprint density at radius 2 is 2.47 bits per heavy atom. The topological polar surface area (TPSA) is 58.1 Å². The maximum absolute atomic E-state index is 12.4. The van der Waals surface area contributed by atoms with E-state index in [0.29, 0.717) is 0 Å². The van der Waals surface area contributed by atoms with Crippen LogP contribution >= 0.6 is 11.5 Å². The fraction of sp³-hybridized carbons (Fsp3) is 0.727. The Morgan fingerprint density at radius 3 is 3.18 bits per heavy atom. The first-order valence-electron chi connectivity index (χ1n) is 6.07. The Hall–Kier alpha value is -1.01. The van der Waals surface area contributed by atoms with E-state index < -0.39 is 0 Å². The molecule has 1 aromatic heterocycles. The lowest BCUT2D eigenvalue weighted by Gasteiger charge is -2.33. The molecule has 0 aromatic carbocycles. The average molecular weight is 254 g/mol. The largest absolute Gasteiger partial charge is 0.333 e. The van der Waals surface area contributed by atoms with Crippen LogP contribution in [0.5, 0.6) is 0 Å². The summed E-state index contributed by atoms with van der Waals surface area (Å²) in [5, 5.41) is 7.33. The van der Waals surface area contributed by atoms with E-state index in [4.69, 9.17) is 0 Å². The molecule has 2 heterocycles. The molecule has 1 N–H and O–H groups in total. The van der Waals surface area contributed by atoms with Gasteiger partial charge in [-0.2, -0.15) is 0 Å². The van der Waals surface area contributed by atoms with Crippen molar-refractivity contribution in [1.82, 2.24) is 19.8 Å². The first kappa shape index (κ1) is 12.4. The van der Waals surface area contributed by atoms with Crippen LogP contribution in [0.1, 0.15) is 35.6 Å². The van der Waals surface area contributed by atoms with Crippen LogP contribution in [0.3, 0.4) is 0 Å². The summed E-state index contributed by atoms with van der Waals surface area (Å²) in [4.78, 5) is 15.0. The van der Waals surface area contributed by atoms with Gasteiger partial charge < -0.3 is 10.2 Å². The van der Waals surface area contributed by atoms with Gasteiger partial charge in [0.05, 0.1) is 5.69 Å². The van der Waals surface area contributed by atoms with Crippen LogP contribution in [0.15, 0.2) is 0 Å². The summed E-state index contributed by atoms with van der Waals surface area (Å²) in [5.74, 6) is 0.0949. The lowest BCUT2D eigenvalue weighted by molar-refractivity contribution is 0.0659. The van der Waals surface area contributed by atoms with Gasteiger partial charge in [-0.1, -0.05) is 17.8 Å². The Bertz CT molecular complexity index is 393. The van der Waals surface area contributed by atoms with Crippen LogP contribution in [-0.4, -0.2) is 46.1 Å². The average Bonchev–Trinajstić information content (AvgIpc) is 2.78. The molecule has 6 heteroatoms. The Balaban J connectivity index is 2.15. The number of rotatable bonds is 3. The number of aryl methyl sites for hydroxylation is 1. The number of hydrogen-bond acceptors (Lipinski definition) is 5. The molecule has 0 radical (unpaired) electrons. The number of nitrogens with zero attached hydrogens (tertiary/aromatic N) is 3. The van der Waals surface area contributed by atoms with E-state index in [1.165, 1.54) is 11.5 Å². The van der Waals surface area contributed by atoms with Crippen LogP contribution in [0.2, 0.25) is 0 Å². The zero-order valence-electron chi connectivity index (χ0n) is 10.3. The van der Waals surface area contributed by atoms with Crippen molar-refractivity contribution >= 4 is 17.4 Å². The predicted molar refractivity (Wildman–Crippen MR) is 67.3 cm³/mol. The fourth-order valence-electron chi connectivity index (χ4n) is 2.04. The van der Waals surface area contributed by atoms with Crippen molar-refractivity contribution in [3.05, 3.63) is 10.6 Å². The summed E-state index contributed by atoms with van der Waals surface area (Å²) in [6.07, 6.45) is 1.82. The third-order valence-corrected chi connectivity index (χ3v) is 3.76. The van der Waals surface area contributed by atoms with Crippen LogP contribution in [-0.2, 0) is 6.42 Å². The second kappa shape index (κ2) is 5.55. The Kier molecular flexibility index (Phi) is 4.06. The van der Waals surface area contributed by atoms with E-state index >= 15 is 0 Å². The van der Waals surface area contributed by atoms with Gasteiger partial charge >= 0.3 is 0 Å². The molecule has 1 atom stereocenters. The normalized spacial score (nSPS) is 20.6. The second-order valence-corrected chi connectivity index (χ2v) is 5.10. The summed E-state index contributed by atoms with van der Waals surface area (Å²) < 4.78 is 3.91. The van der Waals surface area contributed by atoms with Crippen molar-refractivity contribution in [2.75, 3.05) is 19.6 Å². The second-order valence-electron chi connectivity index (χ2n) is 4.35. The minimum atomic E-state index is 0.0949. The highest BCUT2D eigenvalue weighted by atomic mass is 32.1. The van der Waals surface area contributed by atoms with Gasteiger partial charge in [0.2, 0.25) is 0 Å². The van der Waals surface area contributed by atoms with E-state index in [9.17, 15) is 4.79 Å². The highest BCUT2D eigenvalue weighted by molar-refractivity contribution is 7.08. The molecule has 1 aliphatic heterocycles. The molecule has 0 bridgehead atoms. The number of piperazine rings is 1. The summed E-state index contributed by atoms with van der Waals surface area (Å²) >= 11 is 1.22. The van der Waals surface area contributed by atoms with Crippen LogP contribution < -0.4 is 5.32 Å². The lowest BCUT2D eigenvalue weighted by atomic mass is 10.1. The van der Waals surface area contributed by atoms with Crippen molar-refractivity contribution in [2.24, 2.45) is 0 Å². The van der Waals surface area contributed by atoms with Gasteiger partial charge in [0.25, 0.3) is 5.91 Å². The molecule has 1 saturated heterocycles. The number of carbonyl (C=O) groups excluding carboxylic acids is 1. The zero-order valence-corrected chi connectivity index (χ0v) is 11.1. The summed E-state index contributed by atoms with van der Waals surface area (Å²) in [6, 6.07) is 0.243. The van der Waals surface area contributed by atoms with Crippen LogP contribution in [0.4, 0.5) is 0 Å². The molecule has 0 spiro atoms. The highest BCUT2D eigenvalue weighted by Crippen LogP contribution is 2.17. The van der Waals surface area contributed by atoms with E-state index in [1.54, 1.807) is 0 Å². The van der Waals surface area contributed by atoms with Crippen molar-refractivity contribution in [3.8, 4) is 0 Å². The maximum atomic E-state index is 12.4. The number of nitrogens with one attached hydrogen (secondary N) is 1. The summed E-state index contributed by atoms with van der Waals surface area (Å²) in [6.45, 7) is 6.65. The number of hydrogen-bond donors (Lipinski definition) is 1. The Morgan fingerprint density at radius 1 is 1.65 bits per heavy atom. The quantitative estimate of drug-likeness (QED) is 0.871. The molecule has 1 amide bonds. The van der Waals surface area contributed by atoms with E-state index in [0.717, 1.165) is 43.0 Å². The van der Waals surface area contributed by atoms with Gasteiger partial charge in [-0.25, -0.2) is 0 Å². The van der Waals surface area contributed by atoms with Gasteiger partial charge in [-0.15, -0.1) is 5.10 Å². The van der Waals surface area contributed by atoms with E-state index in [2.05, 4.69) is 28.8 Å². The Labute approximate surface area is 105 Å². The number of amides is 1. The number of carbonyl (C=O) groups is 1. The monoisotopic (exact) mass is 254 g/mol. The maximum Gasteiger partial charge on any atom is 0.267 e. The third kappa shape index (κ3) is 2.63. The molecule has 5 nitrogen and oxygen atoms in total. The van der Waals surface area contributed by atoms with Crippen molar-refractivity contribution in [3.63, 3.8) is 0 Å². The van der Waals surface area contributed by atoms with Crippen molar-refractivity contribution < 1.29 is 4.79 Å². The molecule has 0 unspecified atom stereocenters. The molecule has 0 saturated carbocycles. The van der Waals surface area contributed by atoms with Crippen molar-refractivity contribution in [2.45, 2.75) is 32.7 Å². The smallest absolute Gasteiger partial charge is 0.267 e. The van der Waals surface area contributed by atoms with E-state index in [-0.39, 0.29) is 11.9 Å². The molecule has 1 fully saturated rings.